The number of imidazole rings is 1. The highest BCUT2D eigenvalue weighted by atomic mass is 16.3. The van der Waals surface area contributed by atoms with Gasteiger partial charge in [-0.1, -0.05) is 0 Å². The van der Waals surface area contributed by atoms with E-state index in [-0.39, 0.29) is 19.0 Å². The molecule has 25 heavy (non-hydrogen) atoms. The fourth-order valence-electron chi connectivity index (χ4n) is 3.09. The molecular weight excluding hydrogens is 324 g/mol. The molecule has 3 rings (SSSR count). The topological polar surface area (TPSA) is 119 Å². The van der Waals surface area contributed by atoms with E-state index in [2.05, 4.69) is 20.4 Å². The lowest BCUT2D eigenvalue weighted by molar-refractivity contribution is -0.0377. The van der Waals surface area contributed by atoms with Crippen LogP contribution in [0.15, 0.2) is 18.7 Å². The lowest BCUT2D eigenvalue weighted by atomic mass is 10.0. The second-order valence-corrected chi connectivity index (χ2v) is 6.53. The van der Waals surface area contributed by atoms with Crippen LogP contribution in [0.1, 0.15) is 28.7 Å². The summed E-state index contributed by atoms with van der Waals surface area (Å²) in [5.41, 5.74) is 0.944. The Morgan fingerprint density at radius 2 is 2.36 bits per heavy atom. The van der Waals surface area contributed by atoms with Crippen LogP contribution in [0.3, 0.4) is 0 Å². The summed E-state index contributed by atoms with van der Waals surface area (Å²) in [5.74, 6) is -0.364. The van der Waals surface area contributed by atoms with Crippen molar-refractivity contribution in [2.75, 3.05) is 19.6 Å². The van der Waals surface area contributed by atoms with Gasteiger partial charge in [0.2, 0.25) is 0 Å². The first-order valence-electron chi connectivity index (χ1n) is 8.33. The summed E-state index contributed by atoms with van der Waals surface area (Å²) < 4.78 is 1.87. The molecule has 2 aromatic heterocycles. The van der Waals surface area contributed by atoms with E-state index in [0.717, 1.165) is 17.8 Å². The number of H-pyrrole nitrogens is 1. The average Bonchev–Trinajstić information content (AvgIpc) is 3.28. The third kappa shape index (κ3) is 3.73. The van der Waals surface area contributed by atoms with E-state index in [1.807, 2.05) is 29.6 Å². The van der Waals surface area contributed by atoms with Crippen LogP contribution in [0.25, 0.3) is 0 Å². The average molecular weight is 348 g/mol. The molecule has 4 N–H and O–H groups in total. The molecule has 0 aromatic carbocycles. The zero-order valence-corrected chi connectivity index (χ0v) is 14.4. The number of aromatic nitrogens is 4. The molecule has 3 heterocycles. The van der Waals surface area contributed by atoms with Crippen LogP contribution in [0.4, 0.5) is 0 Å². The first kappa shape index (κ1) is 17.6. The molecule has 0 unspecified atom stereocenters. The minimum absolute atomic E-state index is 0.0320. The molecule has 1 amide bonds. The van der Waals surface area contributed by atoms with Crippen LogP contribution in [-0.2, 0) is 13.1 Å². The van der Waals surface area contributed by atoms with E-state index < -0.39 is 11.7 Å². The first-order chi connectivity index (χ1) is 11.9. The Hall–Kier alpha value is -2.23. The molecule has 0 saturated carbocycles. The van der Waals surface area contributed by atoms with E-state index >= 15 is 0 Å². The number of aliphatic hydroxyl groups excluding tert-OH is 1. The number of rotatable bonds is 6. The van der Waals surface area contributed by atoms with Crippen LogP contribution in [-0.4, -0.2) is 72.1 Å². The van der Waals surface area contributed by atoms with Gasteiger partial charge in [0.1, 0.15) is 11.3 Å². The Bertz CT molecular complexity index is 728. The monoisotopic (exact) mass is 348 g/mol. The van der Waals surface area contributed by atoms with Crippen molar-refractivity contribution in [1.29, 1.82) is 0 Å². The number of amides is 1. The minimum Gasteiger partial charge on any atom is -0.389 e. The van der Waals surface area contributed by atoms with Crippen molar-refractivity contribution < 1.29 is 15.0 Å². The van der Waals surface area contributed by atoms with Crippen LogP contribution >= 0.6 is 0 Å². The van der Waals surface area contributed by atoms with Crippen LogP contribution in [0.5, 0.6) is 0 Å². The normalized spacial score (nSPS) is 23.9. The van der Waals surface area contributed by atoms with Gasteiger partial charge in [-0.25, -0.2) is 4.98 Å². The molecule has 1 fully saturated rings. The maximum absolute atomic E-state index is 12.0. The molecule has 0 aliphatic carbocycles. The smallest absolute Gasteiger partial charge is 0.269 e. The van der Waals surface area contributed by atoms with E-state index in [9.17, 15) is 15.0 Å². The van der Waals surface area contributed by atoms with Gasteiger partial charge in [-0.05, 0) is 13.8 Å². The minimum atomic E-state index is -1.38. The fraction of sp³-hybridized carbons (Fsp3) is 0.562. The highest BCUT2D eigenvalue weighted by Gasteiger charge is 2.44. The molecule has 1 saturated heterocycles. The summed E-state index contributed by atoms with van der Waals surface area (Å²) in [5, 5.41) is 28.1. The van der Waals surface area contributed by atoms with Gasteiger partial charge in [0.15, 0.2) is 0 Å². The van der Waals surface area contributed by atoms with E-state index in [4.69, 9.17) is 0 Å². The molecule has 2 aromatic rings. The summed E-state index contributed by atoms with van der Waals surface area (Å²) in [4.78, 5) is 20.4. The van der Waals surface area contributed by atoms with Gasteiger partial charge in [-0.15, -0.1) is 0 Å². The summed E-state index contributed by atoms with van der Waals surface area (Å²) in [6, 6.07) is 0. The van der Waals surface area contributed by atoms with Crippen molar-refractivity contribution in [2.45, 2.75) is 38.6 Å². The lowest BCUT2D eigenvalue weighted by Gasteiger charge is -2.26. The van der Waals surface area contributed by atoms with Crippen molar-refractivity contribution >= 4 is 5.91 Å². The largest absolute Gasteiger partial charge is 0.389 e. The number of aromatic amines is 1. The van der Waals surface area contributed by atoms with Crippen LogP contribution in [0, 0.1) is 6.92 Å². The number of nitrogens with zero attached hydrogens (tertiary/aromatic N) is 4. The van der Waals surface area contributed by atoms with Crippen molar-refractivity contribution in [1.82, 2.24) is 30.0 Å². The third-order valence-electron chi connectivity index (χ3n) is 4.61. The number of aryl methyl sites for hydroxylation is 2. The second kappa shape index (κ2) is 6.95. The van der Waals surface area contributed by atoms with E-state index in [1.54, 1.807) is 0 Å². The number of β-amino-alcohol motifs (C(OH)–C–C–N with tert-alkyl or cyclic N) is 2. The number of carbonyl (C=O) groups excluding carboxylic acids is 1. The highest BCUT2D eigenvalue weighted by Crippen LogP contribution is 2.24. The van der Waals surface area contributed by atoms with Gasteiger partial charge in [-0.3, -0.25) is 14.4 Å². The highest BCUT2D eigenvalue weighted by molar-refractivity contribution is 5.92. The van der Waals surface area contributed by atoms with Gasteiger partial charge in [0, 0.05) is 37.9 Å². The van der Waals surface area contributed by atoms with E-state index in [1.165, 1.54) is 12.5 Å². The maximum Gasteiger partial charge on any atom is 0.269 e. The van der Waals surface area contributed by atoms with Crippen LogP contribution < -0.4 is 5.32 Å². The molecule has 0 bridgehead atoms. The number of carbonyl (C=O) groups is 1. The molecule has 9 heteroatoms. The number of likely N-dealkylation sites (tertiary alicyclic amines) is 1. The molecule has 1 aliphatic heterocycles. The predicted molar refractivity (Wildman–Crippen MR) is 89.8 cm³/mol. The van der Waals surface area contributed by atoms with E-state index in [0.29, 0.717) is 18.8 Å². The summed E-state index contributed by atoms with van der Waals surface area (Å²) >= 11 is 0. The van der Waals surface area contributed by atoms with Gasteiger partial charge in [0.05, 0.1) is 30.9 Å². The molecular formula is C16H24N6O3. The number of hydrogen-bond donors (Lipinski definition) is 4. The number of aliphatic hydroxyl groups is 2. The number of hydrogen-bond acceptors (Lipinski definition) is 6. The Morgan fingerprint density at radius 3 is 3.00 bits per heavy atom. The van der Waals surface area contributed by atoms with Gasteiger partial charge < -0.3 is 20.5 Å². The maximum atomic E-state index is 12.0. The lowest BCUT2D eigenvalue weighted by Crippen LogP contribution is -2.51. The van der Waals surface area contributed by atoms with Crippen molar-refractivity contribution in [2.24, 2.45) is 0 Å². The molecule has 0 spiro atoms. The van der Waals surface area contributed by atoms with Gasteiger partial charge in [0.25, 0.3) is 5.91 Å². The zero-order chi connectivity index (χ0) is 18.0. The fourth-order valence-corrected chi connectivity index (χ4v) is 3.09. The predicted octanol–water partition coefficient (Wildman–Crippen LogP) is -0.728. The Morgan fingerprint density at radius 1 is 1.56 bits per heavy atom. The first-order valence-corrected chi connectivity index (χ1v) is 8.33. The molecule has 2 atom stereocenters. The Labute approximate surface area is 145 Å². The second-order valence-electron chi connectivity index (χ2n) is 6.53. The third-order valence-corrected chi connectivity index (χ3v) is 4.61. The van der Waals surface area contributed by atoms with Crippen molar-refractivity contribution in [3.63, 3.8) is 0 Å². The summed E-state index contributed by atoms with van der Waals surface area (Å²) in [6.07, 6.45) is 3.87. The Balaban J connectivity index is 1.59. The number of nitrogens with one attached hydrogen (secondary N) is 2. The van der Waals surface area contributed by atoms with Crippen molar-refractivity contribution in [3.8, 4) is 0 Å². The SMILES string of the molecule is CCn1cc(CN2C[C@@H](O)[C@](O)(CNC(=O)c3cnc[nH]3)C2)c(C)n1. The molecule has 1 aliphatic rings. The Kier molecular flexibility index (Phi) is 4.89. The molecule has 9 nitrogen and oxygen atoms in total. The zero-order valence-electron chi connectivity index (χ0n) is 14.4. The summed E-state index contributed by atoms with van der Waals surface area (Å²) in [7, 11) is 0. The molecule has 136 valence electrons. The van der Waals surface area contributed by atoms with Crippen molar-refractivity contribution in [3.05, 3.63) is 35.7 Å². The standard InChI is InChI=1S/C16H24N6O3/c1-3-22-6-12(11(2)20-22)5-21-7-14(23)16(25,9-21)8-18-15(24)13-4-17-10-19-13/h4,6,10,14,23,25H,3,5,7-9H2,1-2H3,(H,17,19)(H,18,24)/t14-,16+/m1/s1. The van der Waals surface area contributed by atoms with Gasteiger partial charge >= 0.3 is 0 Å². The van der Waals surface area contributed by atoms with Crippen LogP contribution in [0.2, 0.25) is 0 Å². The van der Waals surface area contributed by atoms with Gasteiger partial charge in [-0.2, -0.15) is 5.10 Å². The summed E-state index contributed by atoms with van der Waals surface area (Å²) in [6.45, 7) is 5.95. The molecule has 0 radical (unpaired) electrons. The quantitative estimate of drug-likeness (QED) is 0.547.